The molecule has 0 N–H and O–H groups in total. The number of aromatic nitrogens is 1. The van der Waals surface area contributed by atoms with Crippen LogP contribution < -0.4 is 29.1 Å². The normalized spacial score (nSPS) is 15.0. The van der Waals surface area contributed by atoms with E-state index in [1.807, 2.05) is 50.2 Å². The molecule has 0 amide bonds. The minimum atomic E-state index is -0.784. The van der Waals surface area contributed by atoms with Gasteiger partial charge in [0.25, 0.3) is 5.56 Å². The first kappa shape index (κ1) is 28.6. The van der Waals surface area contributed by atoms with Gasteiger partial charge < -0.3 is 18.9 Å². The minimum absolute atomic E-state index is 0.199. The van der Waals surface area contributed by atoms with Crippen LogP contribution in [0.5, 0.6) is 17.2 Å². The van der Waals surface area contributed by atoms with Gasteiger partial charge in [-0.25, -0.2) is 9.79 Å². The molecule has 10 heteroatoms. The molecule has 206 valence electrons. The lowest BCUT2D eigenvalue weighted by molar-refractivity contribution is -0.139. The first-order valence-electron chi connectivity index (χ1n) is 12.7. The molecule has 0 aliphatic carbocycles. The smallest absolute Gasteiger partial charge is 0.338 e. The molecule has 39 heavy (non-hydrogen) atoms. The third kappa shape index (κ3) is 5.67. The van der Waals surface area contributed by atoms with E-state index in [-0.39, 0.29) is 12.2 Å². The molecule has 2 aromatic carbocycles. The van der Waals surface area contributed by atoms with Crippen LogP contribution >= 0.6 is 27.3 Å². The molecule has 0 spiro atoms. The number of benzene rings is 2. The largest absolute Gasteiger partial charge is 0.496 e. The number of esters is 1. The Labute approximate surface area is 239 Å². The van der Waals surface area contributed by atoms with E-state index in [9.17, 15) is 9.59 Å². The van der Waals surface area contributed by atoms with Gasteiger partial charge in [-0.05, 0) is 50.6 Å². The van der Waals surface area contributed by atoms with Crippen LogP contribution in [0.4, 0.5) is 0 Å². The third-order valence-corrected chi connectivity index (χ3v) is 7.66. The topological polar surface area (TPSA) is 88.4 Å². The SMILES string of the molecule is CCCC1=C(C(=O)OCC)[C@H](c2cc(Br)ccc2OC)n2c(s/c(=C/c3cccc(OC)c3OCC)c2=O)=N1. The van der Waals surface area contributed by atoms with Crippen molar-refractivity contribution in [3.63, 3.8) is 0 Å². The molecular formula is C29H31BrN2O6S. The van der Waals surface area contributed by atoms with Crippen molar-refractivity contribution in [2.75, 3.05) is 27.4 Å². The number of halogens is 1. The van der Waals surface area contributed by atoms with Gasteiger partial charge in [0, 0.05) is 15.6 Å². The highest BCUT2D eigenvalue weighted by Crippen LogP contribution is 2.38. The van der Waals surface area contributed by atoms with Crippen molar-refractivity contribution in [1.29, 1.82) is 0 Å². The fraction of sp³-hybridized carbons (Fsp3) is 0.345. The van der Waals surface area contributed by atoms with Crippen LogP contribution in [-0.2, 0) is 9.53 Å². The molecule has 1 aliphatic heterocycles. The Balaban J connectivity index is 2.05. The molecule has 1 atom stereocenters. The summed E-state index contributed by atoms with van der Waals surface area (Å²) in [5.74, 6) is 1.17. The Morgan fingerprint density at radius 2 is 1.87 bits per heavy atom. The van der Waals surface area contributed by atoms with Crippen molar-refractivity contribution in [2.24, 2.45) is 4.99 Å². The molecule has 2 heterocycles. The number of hydrogen-bond acceptors (Lipinski definition) is 8. The lowest BCUT2D eigenvalue weighted by Crippen LogP contribution is -2.40. The van der Waals surface area contributed by atoms with E-state index in [1.165, 1.54) is 11.3 Å². The molecule has 8 nitrogen and oxygen atoms in total. The average Bonchev–Trinajstić information content (AvgIpc) is 3.23. The molecule has 1 aromatic heterocycles. The van der Waals surface area contributed by atoms with Crippen LogP contribution in [0.1, 0.15) is 50.8 Å². The predicted octanol–water partition coefficient (Wildman–Crippen LogP) is 4.76. The van der Waals surface area contributed by atoms with E-state index in [2.05, 4.69) is 15.9 Å². The number of thiazole rings is 1. The summed E-state index contributed by atoms with van der Waals surface area (Å²) < 4.78 is 25.3. The highest BCUT2D eigenvalue weighted by molar-refractivity contribution is 9.10. The number of allylic oxidation sites excluding steroid dienone is 1. The second kappa shape index (κ2) is 12.7. The van der Waals surface area contributed by atoms with Crippen molar-refractivity contribution in [2.45, 2.75) is 39.7 Å². The van der Waals surface area contributed by atoms with Crippen molar-refractivity contribution >= 4 is 39.3 Å². The van der Waals surface area contributed by atoms with E-state index in [0.717, 1.165) is 10.9 Å². The summed E-state index contributed by atoms with van der Waals surface area (Å²) in [6.45, 7) is 6.31. The van der Waals surface area contributed by atoms with Gasteiger partial charge in [0.2, 0.25) is 0 Å². The number of carbonyl (C=O) groups is 1. The number of methoxy groups -OCH3 is 2. The standard InChI is InChI=1S/C29H31BrN2O6S/c1-6-10-20-24(28(34)38-8-3)25(19-16-18(30)13-14-21(19)35-4)32-27(33)23(39-29(32)31-20)15-17-11-9-12-22(36-5)26(17)37-7-2/h9,11-16,25H,6-8,10H2,1-5H3/b23-15+/t25-/m0/s1. The van der Waals surface area contributed by atoms with E-state index >= 15 is 0 Å². The lowest BCUT2D eigenvalue weighted by atomic mass is 9.93. The monoisotopic (exact) mass is 614 g/mol. The van der Waals surface area contributed by atoms with Gasteiger partial charge in [-0.3, -0.25) is 9.36 Å². The summed E-state index contributed by atoms with van der Waals surface area (Å²) in [6, 6.07) is 10.3. The Hall–Kier alpha value is -3.37. The van der Waals surface area contributed by atoms with Crippen LogP contribution in [0.3, 0.4) is 0 Å². The molecular weight excluding hydrogens is 584 g/mol. The van der Waals surface area contributed by atoms with E-state index in [0.29, 0.717) is 62.0 Å². The summed E-state index contributed by atoms with van der Waals surface area (Å²) in [5.41, 5.74) is 2.02. The number of fused-ring (bicyclic) bond motifs is 1. The molecule has 1 aliphatic rings. The van der Waals surface area contributed by atoms with Gasteiger partial charge in [0.05, 0.1) is 43.2 Å². The Morgan fingerprint density at radius 3 is 2.54 bits per heavy atom. The second-order valence-corrected chi connectivity index (χ2v) is 10.5. The van der Waals surface area contributed by atoms with Crippen molar-refractivity contribution < 1.29 is 23.7 Å². The first-order chi connectivity index (χ1) is 18.9. The first-order valence-corrected chi connectivity index (χ1v) is 14.3. The summed E-state index contributed by atoms with van der Waals surface area (Å²) in [6.07, 6.45) is 3.09. The fourth-order valence-electron chi connectivity index (χ4n) is 4.58. The second-order valence-electron chi connectivity index (χ2n) is 8.61. The van der Waals surface area contributed by atoms with E-state index < -0.39 is 12.0 Å². The number of para-hydroxylation sites is 1. The van der Waals surface area contributed by atoms with Gasteiger partial charge >= 0.3 is 5.97 Å². The number of carbonyl (C=O) groups excluding carboxylic acids is 1. The van der Waals surface area contributed by atoms with Crippen LogP contribution in [0, 0.1) is 0 Å². The maximum atomic E-state index is 14.1. The minimum Gasteiger partial charge on any atom is -0.496 e. The third-order valence-electron chi connectivity index (χ3n) is 6.18. The molecule has 0 radical (unpaired) electrons. The van der Waals surface area contributed by atoms with Gasteiger partial charge in [0.15, 0.2) is 16.3 Å². The summed E-state index contributed by atoms with van der Waals surface area (Å²) in [4.78, 5) is 32.8. The van der Waals surface area contributed by atoms with Crippen LogP contribution in [0.2, 0.25) is 0 Å². The van der Waals surface area contributed by atoms with Crippen LogP contribution in [-0.4, -0.2) is 38.0 Å². The maximum Gasteiger partial charge on any atom is 0.338 e. The highest BCUT2D eigenvalue weighted by atomic mass is 79.9. The molecule has 0 saturated heterocycles. The van der Waals surface area contributed by atoms with Gasteiger partial charge in [-0.2, -0.15) is 0 Å². The number of nitrogens with zero attached hydrogens (tertiary/aromatic N) is 2. The number of ether oxygens (including phenoxy) is 4. The molecule has 3 aromatic rings. The maximum absolute atomic E-state index is 14.1. The summed E-state index contributed by atoms with van der Waals surface area (Å²) >= 11 is 4.80. The summed E-state index contributed by atoms with van der Waals surface area (Å²) in [5, 5.41) is 0. The predicted molar refractivity (Wildman–Crippen MR) is 154 cm³/mol. The zero-order valence-electron chi connectivity index (χ0n) is 22.6. The summed E-state index contributed by atoms with van der Waals surface area (Å²) in [7, 11) is 3.14. The quantitative estimate of drug-likeness (QED) is 0.306. The molecule has 0 saturated carbocycles. The number of hydrogen-bond donors (Lipinski definition) is 0. The van der Waals surface area contributed by atoms with E-state index in [1.54, 1.807) is 31.8 Å². The van der Waals surface area contributed by atoms with Crippen LogP contribution in [0.25, 0.3) is 6.08 Å². The average molecular weight is 616 g/mol. The Bertz CT molecular complexity index is 1590. The van der Waals surface area contributed by atoms with Gasteiger partial charge in [-0.15, -0.1) is 0 Å². The van der Waals surface area contributed by atoms with Crippen molar-refractivity contribution in [3.8, 4) is 17.2 Å². The van der Waals surface area contributed by atoms with Crippen LogP contribution in [0.15, 0.2) is 61.9 Å². The zero-order valence-corrected chi connectivity index (χ0v) is 25.0. The number of rotatable bonds is 10. The Morgan fingerprint density at radius 1 is 1.10 bits per heavy atom. The lowest BCUT2D eigenvalue weighted by Gasteiger charge is -2.27. The fourth-order valence-corrected chi connectivity index (χ4v) is 5.97. The molecule has 0 unspecified atom stereocenters. The molecule has 4 rings (SSSR count). The van der Waals surface area contributed by atoms with Crippen molar-refractivity contribution in [3.05, 3.63) is 83.0 Å². The van der Waals surface area contributed by atoms with Gasteiger partial charge in [0.1, 0.15) is 11.8 Å². The molecule has 0 bridgehead atoms. The molecule has 0 fully saturated rings. The zero-order chi connectivity index (χ0) is 28.1. The Kier molecular flexibility index (Phi) is 9.29. The van der Waals surface area contributed by atoms with Crippen molar-refractivity contribution in [1.82, 2.24) is 4.57 Å². The highest BCUT2D eigenvalue weighted by Gasteiger charge is 2.36. The van der Waals surface area contributed by atoms with Gasteiger partial charge in [-0.1, -0.05) is 52.7 Å². The van der Waals surface area contributed by atoms with E-state index in [4.69, 9.17) is 23.9 Å².